The van der Waals surface area contributed by atoms with Crippen molar-refractivity contribution in [3.8, 4) is 0 Å². The number of ether oxygens (including phenoxy) is 1. The number of rotatable bonds is 8. The van der Waals surface area contributed by atoms with Crippen molar-refractivity contribution in [3.05, 3.63) is 96.6 Å². The Kier molecular flexibility index (Phi) is 10.0. The van der Waals surface area contributed by atoms with Crippen LogP contribution in [0.1, 0.15) is 31.1 Å². The molecule has 0 saturated carbocycles. The number of benzene rings is 3. The van der Waals surface area contributed by atoms with Crippen molar-refractivity contribution in [1.82, 2.24) is 0 Å². The first-order valence-corrected chi connectivity index (χ1v) is 14.2. The molecule has 0 heterocycles. The van der Waals surface area contributed by atoms with Gasteiger partial charge in [-0.05, 0) is 42.3 Å². The van der Waals surface area contributed by atoms with E-state index in [9.17, 15) is 21.6 Å². The Morgan fingerprint density at radius 2 is 1.12 bits per heavy atom. The van der Waals surface area contributed by atoms with Crippen LogP contribution in [0, 0.1) is 5.92 Å². The van der Waals surface area contributed by atoms with Crippen LogP contribution in [0.2, 0.25) is 0 Å². The van der Waals surface area contributed by atoms with Crippen molar-refractivity contribution in [2.45, 2.75) is 36.7 Å². The molecule has 0 aliphatic rings. The van der Waals surface area contributed by atoms with E-state index in [-0.39, 0.29) is 22.3 Å². The second kappa shape index (κ2) is 12.5. The van der Waals surface area contributed by atoms with E-state index in [2.05, 4.69) is 0 Å². The highest BCUT2D eigenvalue weighted by atomic mass is 32.2. The van der Waals surface area contributed by atoms with Gasteiger partial charge in [-0.25, -0.2) is 21.6 Å². The van der Waals surface area contributed by atoms with Gasteiger partial charge in [0, 0.05) is 0 Å². The van der Waals surface area contributed by atoms with Gasteiger partial charge in [0.25, 0.3) is 0 Å². The molecule has 0 aliphatic carbocycles. The van der Waals surface area contributed by atoms with Gasteiger partial charge in [0.15, 0.2) is 19.7 Å². The van der Waals surface area contributed by atoms with Gasteiger partial charge >= 0.3 is 5.97 Å². The molecule has 3 aromatic rings. The number of sulfone groups is 2. The third kappa shape index (κ3) is 8.11. The molecule has 182 valence electrons. The molecule has 3 rings (SSSR count). The van der Waals surface area contributed by atoms with Crippen LogP contribution in [-0.2, 0) is 24.4 Å². The molecule has 0 radical (unpaired) electrons. The fourth-order valence-corrected chi connectivity index (χ4v) is 5.43. The Balaban J connectivity index is 0.000000310. The number of carbonyl (C=O) groups is 1. The van der Waals surface area contributed by atoms with E-state index >= 15 is 0 Å². The molecule has 8 heteroatoms. The lowest BCUT2D eigenvalue weighted by Crippen LogP contribution is -2.31. The Morgan fingerprint density at radius 1 is 0.706 bits per heavy atom. The number of hydrogen-bond acceptors (Lipinski definition) is 6. The molecule has 6 nitrogen and oxygen atoms in total. The van der Waals surface area contributed by atoms with Gasteiger partial charge in [-0.2, -0.15) is 0 Å². The normalized spacial score (nSPS) is 12.4. The first kappa shape index (κ1) is 27.3. The summed E-state index contributed by atoms with van der Waals surface area (Å²) in [6.45, 7) is 5.31. The smallest absolute Gasteiger partial charge is 0.338 e. The summed E-state index contributed by atoms with van der Waals surface area (Å²) in [5.41, 5.74) is 0.412. The lowest BCUT2D eigenvalue weighted by atomic mass is 10.1. The van der Waals surface area contributed by atoms with E-state index in [1.54, 1.807) is 97.9 Å². The Labute approximate surface area is 202 Å². The fourth-order valence-electron chi connectivity index (χ4n) is 2.88. The Morgan fingerprint density at radius 3 is 1.53 bits per heavy atom. The van der Waals surface area contributed by atoms with E-state index in [4.69, 9.17) is 4.74 Å². The van der Waals surface area contributed by atoms with Crippen LogP contribution in [0.15, 0.2) is 101 Å². The highest BCUT2D eigenvalue weighted by Crippen LogP contribution is 2.18. The number of carbonyl (C=O) groups excluding carboxylic acids is 1. The Bertz CT molecular complexity index is 1240. The highest BCUT2D eigenvalue weighted by molar-refractivity contribution is 7.91. The third-order valence-electron chi connectivity index (χ3n) is 4.98. The topological polar surface area (TPSA) is 94.6 Å². The van der Waals surface area contributed by atoms with E-state index < -0.39 is 31.7 Å². The molecule has 0 aliphatic heterocycles. The van der Waals surface area contributed by atoms with Crippen molar-refractivity contribution in [2.24, 2.45) is 5.92 Å². The molecule has 0 amide bonds. The number of esters is 1. The molecule has 0 saturated heterocycles. The minimum absolute atomic E-state index is 0.110. The van der Waals surface area contributed by atoms with Crippen LogP contribution in [0.3, 0.4) is 0 Å². The van der Waals surface area contributed by atoms with E-state index in [0.29, 0.717) is 10.5 Å². The van der Waals surface area contributed by atoms with Crippen molar-refractivity contribution < 1.29 is 26.4 Å². The molecular formula is C26H30O6S2. The first-order chi connectivity index (χ1) is 16.1. The fraction of sp³-hybridized carbons (Fsp3) is 0.269. The lowest BCUT2D eigenvalue weighted by molar-refractivity contribution is 0.0247. The van der Waals surface area contributed by atoms with Crippen LogP contribution in [-0.4, -0.2) is 40.4 Å². The van der Waals surface area contributed by atoms with Gasteiger partial charge in [0.05, 0.1) is 26.9 Å². The third-order valence-corrected chi connectivity index (χ3v) is 8.49. The van der Waals surface area contributed by atoms with Gasteiger partial charge in [-0.15, -0.1) is 0 Å². The van der Waals surface area contributed by atoms with Crippen molar-refractivity contribution >= 4 is 25.6 Å². The summed E-state index contributed by atoms with van der Waals surface area (Å²) in [5, 5.41) is 0. The quantitative estimate of drug-likeness (QED) is 0.410. The van der Waals surface area contributed by atoms with Crippen LogP contribution >= 0.6 is 0 Å². The van der Waals surface area contributed by atoms with Crippen LogP contribution in [0.4, 0.5) is 0 Å². The van der Waals surface area contributed by atoms with Gasteiger partial charge in [-0.3, -0.25) is 0 Å². The summed E-state index contributed by atoms with van der Waals surface area (Å²) in [6.07, 6.45) is -0.701. The second-order valence-corrected chi connectivity index (χ2v) is 12.2. The van der Waals surface area contributed by atoms with Crippen molar-refractivity contribution in [2.75, 3.05) is 11.5 Å². The summed E-state index contributed by atoms with van der Waals surface area (Å²) in [4.78, 5) is 12.8. The van der Waals surface area contributed by atoms with E-state index in [1.165, 1.54) is 0 Å². The predicted molar refractivity (Wildman–Crippen MR) is 133 cm³/mol. The van der Waals surface area contributed by atoms with Gasteiger partial charge in [0.2, 0.25) is 0 Å². The predicted octanol–water partition coefficient (Wildman–Crippen LogP) is 4.82. The monoisotopic (exact) mass is 502 g/mol. The maximum Gasteiger partial charge on any atom is 0.338 e. The maximum atomic E-state index is 12.5. The molecule has 0 aromatic heterocycles. The van der Waals surface area contributed by atoms with E-state index in [0.717, 1.165) is 0 Å². The van der Waals surface area contributed by atoms with Gasteiger partial charge < -0.3 is 4.74 Å². The van der Waals surface area contributed by atoms with Crippen molar-refractivity contribution in [3.63, 3.8) is 0 Å². The molecule has 1 atom stereocenters. The Hall–Kier alpha value is -2.97. The maximum absolute atomic E-state index is 12.5. The number of hydrogen-bond donors (Lipinski definition) is 0. The molecule has 3 aromatic carbocycles. The van der Waals surface area contributed by atoms with Gasteiger partial charge in [-0.1, -0.05) is 75.4 Å². The molecule has 0 spiro atoms. The summed E-state index contributed by atoms with van der Waals surface area (Å²) in [6, 6.07) is 25.2. The zero-order chi connectivity index (χ0) is 25.2. The minimum Gasteiger partial charge on any atom is -0.457 e. The summed E-state index contributed by atoms with van der Waals surface area (Å²) in [7, 11) is -6.51. The zero-order valence-electron chi connectivity index (χ0n) is 19.5. The average Bonchev–Trinajstić information content (AvgIpc) is 2.85. The molecule has 0 N–H and O–H groups in total. The lowest BCUT2D eigenvalue weighted by Gasteiger charge is -2.21. The SMILES string of the molecule is CC(C)C(CS(=O)(=O)c1ccccc1)OC(=O)c1ccccc1.CCS(=O)(=O)c1ccccc1. The molecule has 0 bridgehead atoms. The van der Waals surface area contributed by atoms with E-state index in [1.807, 2.05) is 13.8 Å². The van der Waals surface area contributed by atoms with Crippen LogP contribution < -0.4 is 0 Å². The van der Waals surface area contributed by atoms with Gasteiger partial charge in [0.1, 0.15) is 6.10 Å². The molecule has 1 unspecified atom stereocenters. The summed E-state index contributed by atoms with van der Waals surface area (Å²) in [5.74, 6) is -0.682. The summed E-state index contributed by atoms with van der Waals surface area (Å²) < 4.78 is 52.8. The minimum atomic E-state index is -3.51. The molecular weight excluding hydrogens is 472 g/mol. The average molecular weight is 503 g/mol. The first-order valence-electron chi connectivity index (χ1n) is 10.9. The highest BCUT2D eigenvalue weighted by Gasteiger charge is 2.27. The van der Waals surface area contributed by atoms with Crippen molar-refractivity contribution in [1.29, 1.82) is 0 Å². The zero-order valence-corrected chi connectivity index (χ0v) is 21.1. The standard InChI is InChI=1S/C18H20O4S.C8H10O2S/c1-14(2)17(22-18(19)15-9-5-3-6-10-15)13-23(20,21)16-11-7-4-8-12-16;1-2-11(9,10)8-6-4-3-5-7-8/h3-12,14,17H,13H2,1-2H3;3-7H,2H2,1H3. The summed E-state index contributed by atoms with van der Waals surface area (Å²) >= 11 is 0. The largest absolute Gasteiger partial charge is 0.457 e. The molecule has 0 fully saturated rings. The second-order valence-electron chi connectivity index (χ2n) is 7.86. The molecule has 34 heavy (non-hydrogen) atoms. The van der Waals surface area contributed by atoms with Crippen LogP contribution in [0.25, 0.3) is 0 Å². The van der Waals surface area contributed by atoms with Crippen LogP contribution in [0.5, 0.6) is 0 Å².